The van der Waals surface area contributed by atoms with Crippen molar-refractivity contribution in [2.45, 2.75) is 32.0 Å². The molecule has 0 radical (unpaired) electrons. The maximum atomic E-state index is 12.9. The van der Waals surface area contributed by atoms with Crippen molar-refractivity contribution >= 4 is 5.91 Å². The first kappa shape index (κ1) is 17.6. The van der Waals surface area contributed by atoms with Gasteiger partial charge in [-0.25, -0.2) is 4.98 Å². The average molecular weight is 344 g/mol. The summed E-state index contributed by atoms with van der Waals surface area (Å²) in [7, 11) is 1.56. The lowest BCUT2D eigenvalue weighted by molar-refractivity contribution is -0.150. The third kappa shape index (κ3) is 4.05. The SMILES string of the molecule is CCCc1nc(C2CN(C(=O)C(OC)c3ccccc3)CCO2)n[nH]1. The number of carbonyl (C=O) groups excluding carboxylic acids is 1. The Morgan fingerprint density at radius 2 is 2.24 bits per heavy atom. The van der Waals surface area contributed by atoms with Crippen LogP contribution < -0.4 is 0 Å². The highest BCUT2D eigenvalue weighted by atomic mass is 16.5. The Kier molecular flexibility index (Phi) is 5.78. The van der Waals surface area contributed by atoms with Gasteiger partial charge in [-0.2, -0.15) is 5.10 Å². The standard InChI is InChI=1S/C18H24N4O3/c1-3-7-15-19-17(21-20-15)14-12-22(10-11-25-14)18(23)16(24-2)13-8-5-4-6-9-13/h4-6,8-9,14,16H,3,7,10-12H2,1-2H3,(H,19,20,21). The molecule has 0 spiro atoms. The summed E-state index contributed by atoms with van der Waals surface area (Å²) in [5.74, 6) is 1.39. The number of H-pyrrole nitrogens is 1. The number of hydrogen-bond acceptors (Lipinski definition) is 5. The topological polar surface area (TPSA) is 80.3 Å². The number of nitrogens with one attached hydrogen (secondary N) is 1. The highest BCUT2D eigenvalue weighted by molar-refractivity contribution is 5.82. The first-order valence-corrected chi connectivity index (χ1v) is 8.62. The number of benzene rings is 1. The van der Waals surface area contributed by atoms with Crippen molar-refractivity contribution < 1.29 is 14.3 Å². The number of aromatic amines is 1. The van der Waals surface area contributed by atoms with Gasteiger partial charge in [0.25, 0.3) is 5.91 Å². The first-order chi connectivity index (χ1) is 12.2. The van der Waals surface area contributed by atoms with E-state index in [1.807, 2.05) is 30.3 Å². The van der Waals surface area contributed by atoms with Crippen molar-refractivity contribution in [3.05, 3.63) is 47.5 Å². The van der Waals surface area contributed by atoms with Crippen molar-refractivity contribution in [1.82, 2.24) is 20.1 Å². The van der Waals surface area contributed by atoms with Gasteiger partial charge < -0.3 is 14.4 Å². The average Bonchev–Trinajstić information content (AvgIpc) is 3.12. The van der Waals surface area contributed by atoms with Crippen LogP contribution in [0, 0.1) is 0 Å². The Morgan fingerprint density at radius 1 is 1.44 bits per heavy atom. The molecule has 1 aromatic carbocycles. The summed E-state index contributed by atoms with van der Waals surface area (Å²) in [5, 5.41) is 7.18. The van der Waals surface area contributed by atoms with Gasteiger partial charge in [-0.15, -0.1) is 0 Å². The van der Waals surface area contributed by atoms with Crippen LogP contribution in [-0.2, 0) is 20.7 Å². The molecule has 2 aromatic rings. The van der Waals surface area contributed by atoms with Crippen molar-refractivity contribution in [2.75, 3.05) is 26.8 Å². The van der Waals surface area contributed by atoms with E-state index < -0.39 is 6.10 Å². The van der Waals surface area contributed by atoms with Gasteiger partial charge >= 0.3 is 0 Å². The number of aromatic nitrogens is 3. The molecule has 0 bridgehead atoms. The third-order valence-electron chi connectivity index (χ3n) is 4.26. The van der Waals surface area contributed by atoms with Crippen molar-refractivity contribution in [3.8, 4) is 0 Å². The molecule has 0 aliphatic carbocycles. The van der Waals surface area contributed by atoms with Crippen molar-refractivity contribution in [2.24, 2.45) is 0 Å². The number of morpholine rings is 1. The van der Waals surface area contributed by atoms with Crippen LogP contribution in [0.25, 0.3) is 0 Å². The largest absolute Gasteiger partial charge is 0.367 e. The molecule has 7 nitrogen and oxygen atoms in total. The molecule has 0 saturated carbocycles. The van der Waals surface area contributed by atoms with Crippen molar-refractivity contribution in [1.29, 1.82) is 0 Å². The third-order valence-corrected chi connectivity index (χ3v) is 4.26. The summed E-state index contributed by atoms with van der Waals surface area (Å²) in [4.78, 5) is 19.2. The molecule has 1 N–H and O–H groups in total. The van der Waals surface area contributed by atoms with Gasteiger partial charge in [0, 0.05) is 20.1 Å². The van der Waals surface area contributed by atoms with E-state index >= 15 is 0 Å². The molecule has 2 heterocycles. The van der Waals surface area contributed by atoms with Gasteiger partial charge in [0.15, 0.2) is 11.9 Å². The second-order valence-corrected chi connectivity index (χ2v) is 6.06. The van der Waals surface area contributed by atoms with E-state index in [0.29, 0.717) is 25.5 Å². The lowest BCUT2D eigenvalue weighted by atomic mass is 10.1. The molecular weight excluding hydrogens is 320 g/mol. The lowest BCUT2D eigenvalue weighted by Crippen LogP contribution is -2.45. The van der Waals surface area contributed by atoms with Crippen LogP contribution in [0.5, 0.6) is 0 Å². The highest BCUT2D eigenvalue weighted by Gasteiger charge is 2.32. The van der Waals surface area contributed by atoms with E-state index in [1.165, 1.54) is 0 Å². The fourth-order valence-electron chi connectivity index (χ4n) is 2.98. The van der Waals surface area contributed by atoms with Gasteiger partial charge in [0.1, 0.15) is 11.9 Å². The molecule has 7 heteroatoms. The Hall–Kier alpha value is -2.25. The second-order valence-electron chi connectivity index (χ2n) is 6.06. The zero-order chi connectivity index (χ0) is 17.6. The molecule has 2 unspecified atom stereocenters. The predicted molar refractivity (Wildman–Crippen MR) is 91.8 cm³/mol. The van der Waals surface area contributed by atoms with Crippen LogP contribution in [0.3, 0.4) is 0 Å². The number of nitrogens with zero attached hydrogens (tertiary/aromatic N) is 3. The van der Waals surface area contributed by atoms with Crippen molar-refractivity contribution in [3.63, 3.8) is 0 Å². The predicted octanol–water partition coefficient (Wildman–Crippen LogP) is 2.04. The number of hydrogen-bond donors (Lipinski definition) is 1. The summed E-state index contributed by atoms with van der Waals surface area (Å²) in [6, 6.07) is 9.52. The Balaban J connectivity index is 1.70. The number of methoxy groups -OCH3 is 1. The molecule has 1 saturated heterocycles. The smallest absolute Gasteiger partial charge is 0.256 e. The van der Waals surface area contributed by atoms with Gasteiger partial charge in [-0.05, 0) is 12.0 Å². The fourth-order valence-corrected chi connectivity index (χ4v) is 2.98. The number of rotatable bonds is 6. The normalized spacial score (nSPS) is 19.0. The fraction of sp³-hybridized carbons (Fsp3) is 0.500. The van der Waals surface area contributed by atoms with E-state index in [4.69, 9.17) is 9.47 Å². The maximum Gasteiger partial charge on any atom is 0.256 e. The monoisotopic (exact) mass is 344 g/mol. The molecule has 1 fully saturated rings. The van der Waals surface area contributed by atoms with E-state index in [-0.39, 0.29) is 12.0 Å². The zero-order valence-corrected chi connectivity index (χ0v) is 14.6. The molecule has 134 valence electrons. The molecule has 1 aliphatic rings. The molecule has 3 rings (SSSR count). The summed E-state index contributed by atoms with van der Waals surface area (Å²) >= 11 is 0. The van der Waals surface area contributed by atoms with Crippen LogP contribution in [0.1, 0.15) is 42.8 Å². The van der Waals surface area contributed by atoms with Crippen LogP contribution in [0.15, 0.2) is 30.3 Å². The summed E-state index contributed by atoms with van der Waals surface area (Å²) in [6.07, 6.45) is 0.926. The van der Waals surface area contributed by atoms with Gasteiger partial charge in [0.05, 0.1) is 13.2 Å². The molecule has 1 aromatic heterocycles. The van der Waals surface area contributed by atoms with E-state index in [9.17, 15) is 4.79 Å². The van der Waals surface area contributed by atoms with Gasteiger partial charge in [-0.3, -0.25) is 9.89 Å². The van der Waals surface area contributed by atoms with E-state index in [2.05, 4.69) is 22.1 Å². The highest BCUT2D eigenvalue weighted by Crippen LogP contribution is 2.24. The molecule has 1 amide bonds. The number of ether oxygens (including phenoxy) is 2. The molecular formula is C18H24N4O3. The molecule has 2 atom stereocenters. The van der Waals surface area contributed by atoms with Crippen LogP contribution in [0.4, 0.5) is 0 Å². The zero-order valence-electron chi connectivity index (χ0n) is 14.6. The Labute approximate surface area is 147 Å². The van der Waals surface area contributed by atoms with Crippen LogP contribution >= 0.6 is 0 Å². The second kappa shape index (κ2) is 8.22. The summed E-state index contributed by atoms with van der Waals surface area (Å²) < 4.78 is 11.2. The van der Waals surface area contributed by atoms with Crippen LogP contribution in [-0.4, -0.2) is 52.8 Å². The molecule has 25 heavy (non-hydrogen) atoms. The summed E-state index contributed by atoms with van der Waals surface area (Å²) in [5.41, 5.74) is 0.848. The van der Waals surface area contributed by atoms with Gasteiger partial charge in [-0.1, -0.05) is 37.3 Å². The van der Waals surface area contributed by atoms with E-state index in [1.54, 1.807) is 12.0 Å². The number of aryl methyl sites for hydroxylation is 1. The lowest BCUT2D eigenvalue weighted by Gasteiger charge is -2.33. The quantitative estimate of drug-likeness (QED) is 0.867. The van der Waals surface area contributed by atoms with Crippen LogP contribution in [0.2, 0.25) is 0 Å². The maximum absolute atomic E-state index is 12.9. The molecule has 1 aliphatic heterocycles. The number of carbonyl (C=O) groups is 1. The van der Waals surface area contributed by atoms with Gasteiger partial charge in [0.2, 0.25) is 0 Å². The first-order valence-electron chi connectivity index (χ1n) is 8.62. The summed E-state index contributed by atoms with van der Waals surface area (Å²) in [6.45, 7) is 3.51. The number of amides is 1. The van der Waals surface area contributed by atoms with E-state index in [0.717, 1.165) is 24.2 Å². The Bertz CT molecular complexity index is 689. The minimum absolute atomic E-state index is 0.0636. The minimum Gasteiger partial charge on any atom is -0.367 e. The minimum atomic E-state index is -0.609. The Morgan fingerprint density at radius 3 is 2.96 bits per heavy atom.